The number of fused-ring (bicyclic) bond motifs is 1. The van der Waals surface area contributed by atoms with Gasteiger partial charge in [0.15, 0.2) is 35.8 Å². The first kappa shape index (κ1) is 124. The standard InChI is InChI=1S/C98H164N36O16/c1-10-55(7)75(130-83(141)70(49-54(5)6)129-87(145)74-38-24-46-133(74)90(148)65(33-20-42-116-96(107)108)123-78(136)57(9)120-82(140)69(48-53(3)4)128-86(144)73-37-25-47-134(73)91(149)66(34-21-43-117-97(109)110)124-79(137)61(99)29-17-39-113-93(101)102)88(146)122-64(32-19-41-115-95(105)106)81(139)127-71(50-58-26-13-12-14-27-58)84(142)131-76(56(8)11-2)89(147)121-63(31-18-40-114-94(103)104)80(138)125-67(35-22-44-118-98(111)112)92(150)132-45-23-36-72(132)85(143)126-68(77(100)135)51-59-52-119-62-30-16-15-28-60(59)62/h12-16,26-28,30,52-57,61,63-76,119H,10-11,17-25,29,31-51,99H2,1-9H3,(H2,100,135)(H,120,140)(H,121,147)(H,122,146)(H,123,136)(H,124,137)(H,125,138)(H,126,143)(H,127,139)(H,128,144)(H,129,145)(H,130,141)(H,131,142)(H4,101,102,113)(H4,103,104,114)(H4,105,106,115)(H4,107,108,116)(H4,109,110,117)(H4,111,112,118)/t55-,56-,57-,61-,63-,64-,65-,66-,67-,68-,69-,70-,71-,72-,73-,74-,75-,76-/m0/s1. The number of carbonyl (C=O) groups is 16. The molecule has 41 N–H and O–H groups in total. The molecule has 2 aromatic carbocycles. The molecule has 3 aliphatic rings. The molecule has 1 aromatic heterocycles. The highest BCUT2D eigenvalue weighted by Gasteiger charge is 2.46. The molecule has 0 bridgehead atoms. The van der Waals surface area contributed by atoms with Crippen molar-refractivity contribution in [3.8, 4) is 0 Å². The van der Waals surface area contributed by atoms with Gasteiger partial charge in [-0.3, -0.25) is 109 Å². The third-order valence-electron chi connectivity index (χ3n) is 26.6. The predicted molar refractivity (Wildman–Crippen MR) is 565 cm³/mol. The van der Waals surface area contributed by atoms with Crippen molar-refractivity contribution >= 4 is 141 Å². The second kappa shape index (κ2) is 63.0. The van der Waals surface area contributed by atoms with Crippen molar-refractivity contribution in [3.05, 3.63) is 71.9 Å². The van der Waals surface area contributed by atoms with Gasteiger partial charge in [-0.25, -0.2) is 0 Å². The van der Waals surface area contributed by atoms with Crippen LogP contribution in [0, 0.1) is 56.1 Å². The number of benzene rings is 2. The molecule has 0 spiro atoms. The van der Waals surface area contributed by atoms with Gasteiger partial charge in [0, 0.05) is 88.8 Å². The Hall–Kier alpha value is -14.9. The van der Waals surface area contributed by atoms with Crippen LogP contribution in [-0.2, 0) is 89.6 Å². The molecule has 3 saturated heterocycles. The van der Waals surface area contributed by atoms with Crippen LogP contribution in [-0.4, -0.2) is 306 Å². The zero-order chi connectivity index (χ0) is 111. The molecule has 3 aromatic rings. The number of hydrogen-bond donors (Lipinski definition) is 33. The zero-order valence-corrected chi connectivity index (χ0v) is 87.6. The summed E-state index contributed by atoms with van der Waals surface area (Å²) in [5.74, 6) is -16.4. The fourth-order valence-electron chi connectivity index (χ4n) is 18.1. The number of nitrogens with one attached hydrogen (secondary N) is 25. The number of amides is 16. The van der Waals surface area contributed by atoms with Crippen LogP contribution in [0.2, 0.25) is 0 Å². The Morgan fingerprint density at radius 2 is 0.660 bits per heavy atom. The summed E-state index contributed by atoms with van der Waals surface area (Å²) >= 11 is 0. The number of carbonyl (C=O) groups excluding carboxylic acids is 16. The number of nitrogens with two attached hydrogens (primary N) is 8. The molecule has 4 heterocycles. The quantitative estimate of drug-likeness (QED) is 0.0144. The Morgan fingerprint density at radius 1 is 0.347 bits per heavy atom. The lowest BCUT2D eigenvalue weighted by Crippen LogP contribution is -2.62. The van der Waals surface area contributed by atoms with E-state index in [-0.39, 0.29) is 235 Å². The van der Waals surface area contributed by atoms with E-state index in [0.717, 1.165) is 10.9 Å². The summed E-state index contributed by atoms with van der Waals surface area (Å²) in [6.07, 6.45) is 4.40. The van der Waals surface area contributed by atoms with Crippen LogP contribution >= 0.6 is 0 Å². The van der Waals surface area contributed by atoms with Gasteiger partial charge >= 0.3 is 0 Å². The van der Waals surface area contributed by atoms with Crippen LogP contribution in [0.15, 0.2) is 60.8 Å². The molecule has 0 unspecified atom stereocenters. The van der Waals surface area contributed by atoms with Gasteiger partial charge in [0.25, 0.3) is 0 Å². The lowest BCUT2D eigenvalue weighted by molar-refractivity contribution is -0.143. The first-order valence-electron chi connectivity index (χ1n) is 51.8. The van der Waals surface area contributed by atoms with Crippen molar-refractivity contribution in [2.45, 2.75) is 313 Å². The number of likely N-dealkylation sites (tertiary alicyclic amines) is 3. The number of primary amides is 1. The number of aromatic nitrogens is 1. The fraction of sp³-hybridized carbons (Fsp3) is 0.633. The van der Waals surface area contributed by atoms with Crippen molar-refractivity contribution in [3.63, 3.8) is 0 Å². The molecule has 0 saturated carbocycles. The van der Waals surface area contributed by atoms with Crippen molar-refractivity contribution < 1.29 is 76.7 Å². The Morgan fingerprint density at radius 3 is 1.03 bits per heavy atom. The average molecular weight is 2100 g/mol. The molecule has 52 nitrogen and oxygen atoms in total. The Labute approximate surface area is 875 Å². The summed E-state index contributed by atoms with van der Waals surface area (Å²) in [4.78, 5) is 242. The molecule has 832 valence electrons. The van der Waals surface area contributed by atoms with E-state index >= 15 is 38.4 Å². The van der Waals surface area contributed by atoms with Crippen molar-refractivity contribution in [1.29, 1.82) is 32.5 Å². The van der Waals surface area contributed by atoms with Crippen molar-refractivity contribution in [1.82, 2.24) is 115 Å². The average Bonchev–Trinajstić information content (AvgIpc) is 1.67. The number of nitrogens with zero attached hydrogens (tertiary/aromatic N) is 3. The molecule has 16 amide bonds. The molecule has 3 fully saturated rings. The molecular formula is C98H164N36O16. The molecule has 0 radical (unpaired) electrons. The van der Waals surface area contributed by atoms with E-state index in [1.165, 1.54) is 21.6 Å². The van der Waals surface area contributed by atoms with E-state index in [1.54, 1.807) is 91.9 Å². The SMILES string of the molecule is CC[C@H](C)[C@H](NC(=O)[C@H](CC(C)C)NC(=O)[C@@H]1CCCN1C(=O)[C@H](CCCNC(=N)N)NC(=O)[C@H](C)NC(=O)[C@H](CC(C)C)NC(=O)[C@@H]1CCCN1C(=O)[C@H](CCCNC(=N)N)NC(=O)[C@@H](N)CCCNC(=N)N)C(=O)N[C@@H](CCCNC(=N)N)C(=O)N[C@@H](Cc1ccccc1)C(=O)N[C@H](C(=O)N[C@@H](CCCNC(=N)N)C(=O)N[C@@H](CCCNC(=N)N)C(=O)N1CCC[C@H]1C(=O)N[C@@H](Cc1c[nH]c2ccccc12)C(N)=O)[C@@H](C)CC. The van der Waals surface area contributed by atoms with Crippen LogP contribution in [0.3, 0.4) is 0 Å². The minimum absolute atomic E-state index is 0.00755. The topological polar surface area (TPSA) is 866 Å². The van der Waals surface area contributed by atoms with Crippen molar-refractivity contribution in [2.75, 3.05) is 58.9 Å². The normalized spacial score (nSPS) is 17.3. The van der Waals surface area contributed by atoms with E-state index in [0.29, 0.717) is 30.4 Å². The number of guanidine groups is 6. The van der Waals surface area contributed by atoms with Gasteiger partial charge in [0.2, 0.25) is 94.5 Å². The first-order chi connectivity index (χ1) is 71.1. The molecule has 6 rings (SSSR count). The minimum atomic E-state index is -1.53. The Bertz CT molecular complexity index is 5100. The van der Waals surface area contributed by atoms with Crippen LogP contribution in [0.1, 0.15) is 215 Å². The number of hydrogen-bond acceptors (Lipinski definition) is 23. The summed E-state index contributed by atoms with van der Waals surface area (Å²) in [5, 5.41) is 96.4. The van der Waals surface area contributed by atoms with Gasteiger partial charge in [-0.1, -0.05) is 117 Å². The highest BCUT2D eigenvalue weighted by molar-refractivity contribution is 6.02. The van der Waals surface area contributed by atoms with Crippen LogP contribution < -0.4 is 142 Å². The van der Waals surface area contributed by atoms with Crippen molar-refractivity contribution in [2.24, 2.45) is 69.5 Å². The maximum atomic E-state index is 15.3. The second-order valence-corrected chi connectivity index (χ2v) is 39.5. The van der Waals surface area contributed by atoms with E-state index in [4.69, 9.17) is 78.3 Å². The van der Waals surface area contributed by atoms with Gasteiger partial charge < -0.3 is 161 Å². The summed E-state index contributed by atoms with van der Waals surface area (Å²) in [6, 6.07) is -5.14. The first-order valence-corrected chi connectivity index (χ1v) is 51.8. The largest absolute Gasteiger partial charge is 0.370 e. The third-order valence-corrected chi connectivity index (χ3v) is 26.6. The Kier molecular flexibility index (Phi) is 52.0. The van der Waals surface area contributed by atoms with Gasteiger partial charge in [0.05, 0.1) is 6.04 Å². The predicted octanol–water partition coefficient (Wildman–Crippen LogP) is -4.66. The maximum absolute atomic E-state index is 15.3. The second-order valence-electron chi connectivity index (χ2n) is 39.5. The van der Waals surface area contributed by atoms with Gasteiger partial charge in [-0.2, -0.15) is 0 Å². The number of para-hydroxylation sites is 1. The van der Waals surface area contributed by atoms with Gasteiger partial charge in [0.1, 0.15) is 90.6 Å². The van der Waals surface area contributed by atoms with E-state index < -0.39 is 209 Å². The lowest BCUT2D eigenvalue weighted by Gasteiger charge is -2.32. The number of H-pyrrole nitrogens is 1. The molecule has 3 aliphatic heterocycles. The molecule has 52 heteroatoms. The van der Waals surface area contributed by atoms with Crippen LogP contribution in [0.5, 0.6) is 0 Å². The zero-order valence-electron chi connectivity index (χ0n) is 87.6. The smallest absolute Gasteiger partial charge is 0.245 e. The lowest BCUT2D eigenvalue weighted by atomic mass is 9.95. The van der Waals surface area contributed by atoms with Gasteiger partial charge in [-0.15, -0.1) is 0 Å². The van der Waals surface area contributed by atoms with E-state index in [9.17, 15) is 38.4 Å². The number of rotatable bonds is 64. The summed E-state index contributed by atoms with van der Waals surface area (Å²) in [5.41, 5.74) is 47.6. The molecule has 0 aliphatic carbocycles. The summed E-state index contributed by atoms with van der Waals surface area (Å²) in [6.45, 7) is 16.2. The highest BCUT2D eigenvalue weighted by Crippen LogP contribution is 2.27. The minimum Gasteiger partial charge on any atom is -0.370 e. The van der Waals surface area contributed by atoms with Crippen LogP contribution in [0.4, 0.5) is 0 Å². The van der Waals surface area contributed by atoms with E-state index in [2.05, 4.69) is 101 Å². The number of aromatic amines is 1. The third kappa shape index (κ3) is 41.3. The summed E-state index contributed by atoms with van der Waals surface area (Å²) in [7, 11) is 0. The van der Waals surface area contributed by atoms with E-state index in [1.807, 2.05) is 24.3 Å². The van der Waals surface area contributed by atoms with Crippen LogP contribution in [0.25, 0.3) is 10.9 Å². The fourth-order valence-corrected chi connectivity index (χ4v) is 18.1. The molecule has 150 heavy (non-hydrogen) atoms. The highest BCUT2D eigenvalue weighted by atomic mass is 16.2. The summed E-state index contributed by atoms with van der Waals surface area (Å²) < 4.78 is 0. The molecule has 18 atom stereocenters. The molecular weight excluding hydrogens is 1940 g/mol. The maximum Gasteiger partial charge on any atom is 0.245 e. The Balaban J connectivity index is 1.20. The monoisotopic (exact) mass is 2100 g/mol. The van der Waals surface area contributed by atoms with Gasteiger partial charge in [-0.05, 0) is 176 Å².